The summed E-state index contributed by atoms with van der Waals surface area (Å²) in [7, 11) is 0. The van der Waals surface area contributed by atoms with Gasteiger partial charge in [0.2, 0.25) is 0 Å². The lowest BCUT2D eigenvalue weighted by atomic mass is 10.1. The van der Waals surface area contributed by atoms with E-state index >= 15 is 0 Å². The molecule has 1 aliphatic heterocycles. The number of carbonyl (C=O) groups is 1. The Hall–Kier alpha value is -2.46. The number of aromatic amines is 1. The van der Waals surface area contributed by atoms with Crippen LogP contribution in [0.5, 0.6) is 0 Å². The maximum atomic E-state index is 12.3. The van der Waals surface area contributed by atoms with Crippen LogP contribution in [0.4, 0.5) is 5.69 Å². The first-order chi connectivity index (χ1) is 10.6. The fraction of sp³-hybridized carbons (Fsp3) is 0.118. The van der Waals surface area contributed by atoms with Crippen molar-refractivity contribution in [3.8, 4) is 11.3 Å². The van der Waals surface area contributed by atoms with Crippen molar-refractivity contribution in [2.45, 2.75) is 13.1 Å². The van der Waals surface area contributed by atoms with E-state index < -0.39 is 0 Å². The highest BCUT2D eigenvalue weighted by molar-refractivity contribution is 6.30. The summed E-state index contributed by atoms with van der Waals surface area (Å²) >= 11 is 5.98. The Bertz CT molecular complexity index is 883. The molecule has 3 aromatic rings. The summed E-state index contributed by atoms with van der Waals surface area (Å²) in [6.07, 6.45) is -0.148. The second-order valence-corrected chi connectivity index (χ2v) is 5.89. The van der Waals surface area contributed by atoms with Gasteiger partial charge >= 0.3 is 0 Å². The molecule has 110 valence electrons. The van der Waals surface area contributed by atoms with Gasteiger partial charge in [0.05, 0.1) is 23.1 Å². The third kappa shape index (κ3) is 1.96. The molecule has 4 rings (SSSR count). The maximum absolute atomic E-state index is 12.3. The van der Waals surface area contributed by atoms with Crippen LogP contribution < -0.4 is 10.6 Å². The van der Waals surface area contributed by atoms with Crippen LogP contribution in [0.3, 0.4) is 0 Å². The van der Waals surface area contributed by atoms with Crippen molar-refractivity contribution in [3.05, 3.63) is 53.1 Å². The smallest absolute Gasteiger partial charge is 0.253 e. The van der Waals surface area contributed by atoms with Gasteiger partial charge in [0.25, 0.3) is 5.91 Å². The molecule has 1 aliphatic rings. The van der Waals surface area contributed by atoms with Gasteiger partial charge in [-0.05, 0) is 31.2 Å². The number of halogens is 1. The topological polar surface area (TPSA) is 56.9 Å². The van der Waals surface area contributed by atoms with E-state index in [0.29, 0.717) is 10.6 Å². The molecule has 1 amide bonds. The highest BCUT2D eigenvalue weighted by Gasteiger charge is 2.24. The summed E-state index contributed by atoms with van der Waals surface area (Å²) in [5.74, 6) is -0.0639. The van der Waals surface area contributed by atoms with Gasteiger partial charge in [-0.25, -0.2) is 0 Å². The number of nitrogens with one attached hydrogen (secondary N) is 3. The van der Waals surface area contributed by atoms with Crippen molar-refractivity contribution in [2.24, 2.45) is 0 Å². The third-order valence-electron chi connectivity index (χ3n) is 3.91. The monoisotopic (exact) mass is 311 g/mol. The molecule has 5 heteroatoms. The van der Waals surface area contributed by atoms with Gasteiger partial charge in [-0.2, -0.15) is 0 Å². The Morgan fingerprint density at radius 3 is 2.59 bits per heavy atom. The van der Waals surface area contributed by atoms with E-state index in [1.165, 1.54) is 0 Å². The minimum atomic E-state index is -0.148. The molecular weight excluding hydrogens is 298 g/mol. The quantitative estimate of drug-likeness (QED) is 0.636. The molecule has 0 saturated heterocycles. The summed E-state index contributed by atoms with van der Waals surface area (Å²) in [5, 5.41) is 7.94. The maximum Gasteiger partial charge on any atom is 0.253 e. The van der Waals surface area contributed by atoms with Crippen LogP contribution in [0.2, 0.25) is 5.02 Å². The molecule has 2 heterocycles. The lowest BCUT2D eigenvalue weighted by Crippen LogP contribution is -2.36. The minimum absolute atomic E-state index is 0.0639. The number of H-pyrrole nitrogens is 1. The number of hydrogen-bond donors (Lipinski definition) is 3. The first-order valence-corrected chi connectivity index (χ1v) is 7.49. The van der Waals surface area contributed by atoms with Crippen molar-refractivity contribution >= 4 is 34.1 Å². The van der Waals surface area contributed by atoms with Gasteiger partial charge in [0, 0.05) is 21.5 Å². The summed E-state index contributed by atoms with van der Waals surface area (Å²) in [6, 6.07) is 13.4. The molecule has 0 bridgehead atoms. The van der Waals surface area contributed by atoms with Crippen molar-refractivity contribution in [1.82, 2.24) is 10.3 Å². The van der Waals surface area contributed by atoms with E-state index in [1.54, 1.807) is 0 Å². The molecule has 2 aromatic carbocycles. The first kappa shape index (κ1) is 13.2. The van der Waals surface area contributed by atoms with Gasteiger partial charge < -0.3 is 15.6 Å². The fourth-order valence-electron chi connectivity index (χ4n) is 2.94. The summed E-state index contributed by atoms with van der Waals surface area (Å²) in [5.41, 5.74) is 4.55. The Morgan fingerprint density at radius 2 is 1.82 bits per heavy atom. The van der Waals surface area contributed by atoms with E-state index in [-0.39, 0.29) is 12.1 Å². The predicted molar refractivity (Wildman–Crippen MR) is 89.3 cm³/mol. The zero-order chi connectivity index (χ0) is 15.3. The summed E-state index contributed by atoms with van der Waals surface area (Å²) in [6.45, 7) is 1.92. The first-order valence-electron chi connectivity index (χ1n) is 7.11. The zero-order valence-electron chi connectivity index (χ0n) is 11.9. The molecule has 0 fully saturated rings. The van der Waals surface area contributed by atoms with Gasteiger partial charge in [-0.15, -0.1) is 0 Å². The average Bonchev–Trinajstić information content (AvgIpc) is 2.80. The van der Waals surface area contributed by atoms with Gasteiger partial charge in [0.15, 0.2) is 0 Å². The van der Waals surface area contributed by atoms with Crippen LogP contribution in [-0.4, -0.2) is 17.1 Å². The van der Waals surface area contributed by atoms with E-state index in [1.807, 2.05) is 49.4 Å². The Labute approximate surface area is 132 Å². The molecule has 0 aliphatic carbocycles. The van der Waals surface area contributed by atoms with E-state index in [0.717, 1.165) is 27.8 Å². The van der Waals surface area contributed by atoms with Crippen LogP contribution in [0.1, 0.15) is 17.3 Å². The lowest BCUT2D eigenvalue weighted by Gasteiger charge is -2.14. The van der Waals surface area contributed by atoms with Crippen molar-refractivity contribution in [2.75, 3.05) is 5.32 Å². The summed E-state index contributed by atoms with van der Waals surface area (Å²) in [4.78, 5) is 15.7. The normalized spacial score (nSPS) is 17.0. The number of rotatable bonds is 1. The number of aromatic nitrogens is 1. The van der Waals surface area contributed by atoms with Gasteiger partial charge in [-0.3, -0.25) is 4.79 Å². The van der Waals surface area contributed by atoms with Crippen LogP contribution >= 0.6 is 11.6 Å². The molecular formula is C17H14ClN3O. The number of anilines is 1. The highest BCUT2D eigenvalue weighted by Crippen LogP contribution is 2.38. The number of benzene rings is 2. The molecule has 0 saturated carbocycles. The van der Waals surface area contributed by atoms with Crippen LogP contribution in [0.15, 0.2) is 42.5 Å². The molecule has 1 atom stereocenters. The Kier molecular flexibility index (Phi) is 2.87. The van der Waals surface area contributed by atoms with Crippen LogP contribution in [0.25, 0.3) is 22.2 Å². The van der Waals surface area contributed by atoms with Crippen molar-refractivity contribution in [3.63, 3.8) is 0 Å². The van der Waals surface area contributed by atoms with E-state index in [4.69, 9.17) is 11.6 Å². The van der Waals surface area contributed by atoms with Gasteiger partial charge in [-0.1, -0.05) is 29.8 Å². The second kappa shape index (κ2) is 4.78. The standard InChI is InChI=1S/C17H14ClN3O/c1-9-19-16-14-12(17(22)20-9)3-2-4-13(14)21-15(16)10-5-7-11(18)8-6-10/h2-9,19,21H,1H3,(H,20,22)/t9-/m1/s1. The predicted octanol–water partition coefficient (Wildman–Crippen LogP) is 3.99. The molecule has 4 nitrogen and oxygen atoms in total. The molecule has 0 spiro atoms. The van der Waals surface area contributed by atoms with E-state index in [2.05, 4.69) is 15.6 Å². The Morgan fingerprint density at radius 1 is 1.05 bits per heavy atom. The molecule has 3 N–H and O–H groups in total. The molecule has 0 radical (unpaired) electrons. The van der Waals surface area contributed by atoms with Crippen molar-refractivity contribution < 1.29 is 4.79 Å². The minimum Gasteiger partial charge on any atom is -0.363 e. The van der Waals surface area contributed by atoms with Gasteiger partial charge in [0.1, 0.15) is 0 Å². The highest BCUT2D eigenvalue weighted by atomic mass is 35.5. The van der Waals surface area contributed by atoms with Crippen LogP contribution in [0, 0.1) is 0 Å². The molecule has 22 heavy (non-hydrogen) atoms. The number of carbonyl (C=O) groups excluding carboxylic acids is 1. The van der Waals surface area contributed by atoms with Crippen molar-refractivity contribution in [1.29, 1.82) is 0 Å². The second-order valence-electron chi connectivity index (χ2n) is 5.45. The average molecular weight is 312 g/mol. The largest absolute Gasteiger partial charge is 0.363 e. The SMILES string of the molecule is C[C@H]1NC(=O)c2cccc3[nH]c(-c4ccc(Cl)cc4)c(c23)N1. The van der Waals surface area contributed by atoms with E-state index in [9.17, 15) is 4.79 Å². The molecule has 0 unspecified atom stereocenters. The fourth-order valence-corrected chi connectivity index (χ4v) is 3.07. The third-order valence-corrected chi connectivity index (χ3v) is 4.16. The summed E-state index contributed by atoms with van der Waals surface area (Å²) < 4.78 is 0. The van der Waals surface area contributed by atoms with Crippen LogP contribution in [-0.2, 0) is 0 Å². The zero-order valence-corrected chi connectivity index (χ0v) is 12.7. The number of hydrogen-bond acceptors (Lipinski definition) is 2. The molecule has 1 aromatic heterocycles. The lowest BCUT2D eigenvalue weighted by molar-refractivity contribution is 0.0947. The Balaban J connectivity index is 2.03. The number of amides is 1.